The monoisotopic (exact) mass is 326 g/mol. The van der Waals surface area contributed by atoms with E-state index in [0.717, 1.165) is 18.4 Å². The summed E-state index contributed by atoms with van der Waals surface area (Å²) >= 11 is 0. The van der Waals surface area contributed by atoms with Crippen LogP contribution in [-0.4, -0.2) is 33.9 Å². The number of nitro groups is 1. The number of nitro benzene ring substituents is 1. The first kappa shape index (κ1) is 16.0. The number of piperidine rings is 1. The number of carbonyl (C=O) groups excluding carboxylic acids is 1. The van der Waals surface area contributed by atoms with Crippen LogP contribution in [0.15, 0.2) is 48.5 Å². The molecule has 1 heterocycles. The van der Waals surface area contributed by atoms with E-state index in [1.165, 1.54) is 12.1 Å². The molecule has 0 atom stereocenters. The minimum absolute atomic E-state index is 0.144. The van der Waals surface area contributed by atoms with Crippen molar-refractivity contribution in [2.45, 2.75) is 18.8 Å². The number of phenols is 1. The Bertz CT molecular complexity index is 750. The lowest BCUT2D eigenvalue weighted by Crippen LogP contribution is -2.38. The summed E-state index contributed by atoms with van der Waals surface area (Å²) in [7, 11) is 0. The summed E-state index contributed by atoms with van der Waals surface area (Å²) in [4.78, 5) is 24.9. The number of rotatable bonds is 3. The van der Waals surface area contributed by atoms with Crippen LogP contribution in [0.3, 0.4) is 0 Å². The quantitative estimate of drug-likeness (QED) is 0.693. The van der Waals surface area contributed by atoms with Gasteiger partial charge in [0.1, 0.15) is 11.3 Å². The average molecular weight is 326 g/mol. The maximum absolute atomic E-state index is 12.6. The number of amides is 1. The number of likely N-dealkylation sites (tertiary alicyclic amines) is 1. The molecular formula is C18H18N2O4. The second-order valence-electron chi connectivity index (χ2n) is 5.93. The molecule has 1 N–H and O–H groups in total. The highest BCUT2D eigenvalue weighted by molar-refractivity contribution is 5.98. The van der Waals surface area contributed by atoms with Crippen molar-refractivity contribution < 1.29 is 14.8 Å². The highest BCUT2D eigenvalue weighted by Gasteiger charge is 2.28. The number of carbonyl (C=O) groups is 1. The highest BCUT2D eigenvalue weighted by atomic mass is 16.6. The van der Waals surface area contributed by atoms with Crippen LogP contribution in [-0.2, 0) is 0 Å². The fourth-order valence-corrected chi connectivity index (χ4v) is 3.15. The molecule has 1 fully saturated rings. The molecular weight excluding hydrogens is 308 g/mol. The van der Waals surface area contributed by atoms with Crippen LogP contribution in [0.1, 0.15) is 34.7 Å². The van der Waals surface area contributed by atoms with Gasteiger partial charge >= 0.3 is 0 Å². The number of hydrogen-bond donors (Lipinski definition) is 1. The lowest BCUT2D eigenvalue weighted by molar-refractivity contribution is -0.385. The number of hydrogen-bond acceptors (Lipinski definition) is 4. The van der Waals surface area contributed by atoms with Gasteiger partial charge in [0.15, 0.2) is 0 Å². The maximum Gasteiger partial charge on any atom is 0.282 e. The predicted molar refractivity (Wildman–Crippen MR) is 89.1 cm³/mol. The van der Waals surface area contributed by atoms with Gasteiger partial charge in [-0.1, -0.05) is 24.3 Å². The van der Waals surface area contributed by atoms with Crippen molar-refractivity contribution in [3.05, 3.63) is 69.8 Å². The summed E-state index contributed by atoms with van der Waals surface area (Å²) in [6, 6.07) is 13.2. The van der Waals surface area contributed by atoms with Gasteiger partial charge in [0, 0.05) is 19.2 Å². The van der Waals surface area contributed by atoms with Crippen molar-refractivity contribution in [1.82, 2.24) is 4.90 Å². The molecule has 1 saturated heterocycles. The molecule has 0 aliphatic carbocycles. The first-order valence-electron chi connectivity index (χ1n) is 7.88. The number of nitrogens with zero attached hydrogens (tertiary/aromatic N) is 2. The van der Waals surface area contributed by atoms with Gasteiger partial charge in [-0.15, -0.1) is 0 Å². The molecule has 2 aromatic rings. The molecule has 0 spiro atoms. The van der Waals surface area contributed by atoms with Gasteiger partial charge in [-0.2, -0.15) is 0 Å². The zero-order valence-corrected chi connectivity index (χ0v) is 13.1. The first-order valence-corrected chi connectivity index (χ1v) is 7.88. The van der Waals surface area contributed by atoms with Gasteiger partial charge in [-0.05, 0) is 42.5 Å². The van der Waals surface area contributed by atoms with Crippen molar-refractivity contribution in [1.29, 1.82) is 0 Å². The molecule has 1 aliphatic rings. The zero-order chi connectivity index (χ0) is 17.1. The Morgan fingerprint density at radius 1 is 1.08 bits per heavy atom. The van der Waals surface area contributed by atoms with E-state index >= 15 is 0 Å². The van der Waals surface area contributed by atoms with E-state index in [1.807, 2.05) is 12.1 Å². The van der Waals surface area contributed by atoms with Crippen molar-refractivity contribution >= 4 is 11.6 Å². The van der Waals surface area contributed by atoms with Gasteiger partial charge in [0.2, 0.25) is 0 Å². The molecule has 0 saturated carbocycles. The van der Waals surface area contributed by atoms with E-state index in [2.05, 4.69) is 0 Å². The fraction of sp³-hybridized carbons (Fsp3) is 0.278. The molecule has 3 rings (SSSR count). The lowest BCUT2D eigenvalue weighted by Gasteiger charge is -2.32. The summed E-state index contributed by atoms with van der Waals surface area (Å²) < 4.78 is 0. The molecule has 1 amide bonds. The summed E-state index contributed by atoms with van der Waals surface area (Å²) in [6.45, 7) is 1.13. The molecule has 0 bridgehead atoms. The maximum atomic E-state index is 12.6. The third kappa shape index (κ3) is 3.22. The van der Waals surface area contributed by atoms with E-state index in [4.69, 9.17) is 0 Å². The second-order valence-corrected chi connectivity index (χ2v) is 5.93. The SMILES string of the molecule is O=C(c1ccccc1[N+](=O)[O-])N1CCC(c2ccc(O)cc2)CC1. The van der Waals surface area contributed by atoms with Gasteiger partial charge in [0.05, 0.1) is 4.92 Å². The van der Waals surface area contributed by atoms with Crippen molar-refractivity contribution in [2.75, 3.05) is 13.1 Å². The number of benzene rings is 2. The third-order valence-electron chi connectivity index (χ3n) is 4.48. The largest absolute Gasteiger partial charge is 0.508 e. The molecule has 6 nitrogen and oxygen atoms in total. The Balaban J connectivity index is 1.69. The molecule has 0 radical (unpaired) electrons. The Kier molecular flexibility index (Phi) is 4.46. The van der Waals surface area contributed by atoms with Crippen molar-refractivity contribution in [3.8, 4) is 5.75 Å². The van der Waals surface area contributed by atoms with Crippen LogP contribution in [0.4, 0.5) is 5.69 Å². The summed E-state index contributed by atoms with van der Waals surface area (Å²) in [6.07, 6.45) is 1.61. The Labute approximate surface area is 139 Å². The van der Waals surface area contributed by atoms with Crippen LogP contribution >= 0.6 is 0 Å². The van der Waals surface area contributed by atoms with Crippen LogP contribution < -0.4 is 0 Å². The van der Waals surface area contributed by atoms with Crippen LogP contribution in [0.25, 0.3) is 0 Å². The molecule has 124 valence electrons. The highest BCUT2D eigenvalue weighted by Crippen LogP contribution is 2.30. The molecule has 1 aliphatic heterocycles. The molecule has 2 aromatic carbocycles. The van der Waals surface area contributed by atoms with Crippen LogP contribution in [0, 0.1) is 10.1 Å². The molecule has 0 unspecified atom stereocenters. The van der Waals surface area contributed by atoms with Gasteiger partial charge in [-0.25, -0.2) is 0 Å². The topological polar surface area (TPSA) is 83.7 Å². The Hall–Kier alpha value is -2.89. The molecule has 6 heteroatoms. The van der Waals surface area contributed by atoms with Crippen molar-refractivity contribution in [3.63, 3.8) is 0 Å². The van der Waals surface area contributed by atoms with E-state index in [1.54, 1.807) is 29.2 Å². The normalized spacial score (nSPS) is 15.2. The summed E-state index contributed by atoms with van der Waals surface area (Å²) in [5, 5.41) is 20.4. The number of phenolic OH excluding ortho intramolecular Hbond substituents is 1. The minimum Gasteiger partial charge on any atom is -0.508 e. The molecule has 24 heavy (non-hydrogen) atoms. The van der Waals surface area contributed by atoms with Crippen LogP contribution in [0.5, 0.6) is 5.75 Å². The Morgan fingerprint density at radius 3 is 2.33 bits per heavy atom. The number of para-hydroxylation sites is 1. The molecule has 0 aromatic heterocycles. The van der Waals surface area contributed by atoms with Gasteiger partial charge in [-0.3, -0.25) is 14.9 Å². The van der Waals surface area contributed by atoms with E-state index in [9.17, 15) is 20.0 Å². The minimum atomic E-state index is -0.517. The van der Waals surface area contributed by atoms with E-state index < -0.39 is 4.92 Å². The standard InChI is InChI=1S/C18H18N2O4/c21-15-7-5-13(6-8-15)14-9-11-19(12-10-14)18(22)16-3-1-2-4-17(16)20(23)24/h1-8,14,21H,9-12H2. The van der Waals surface area contributed by atoms with Gasteiger partial charge in [0.25, 0.3) is 11.6 Å². The predicted octanol–water partition coefficient (Wildman–Crippen LogP) is 3.32. The fourth-order valence-electron chi connectivity index (χ4n) is 3.15. The van der Waals surface area contributed by atoms with Gasteiger partial charge < -0.3 is 10.0 Å². The average Bonchev–Trinajstić information content (AvgIpc) is 2.62. The Morgan fingerprint density at radius 2 is 1.71 bits per heavy atom. The third-order valence-corrected chi connectivity index (χ3v) is 4.48. The zero-order valence-electron chi connectivity index (χ0n) is 13.1. The lowest BCUT2D eigenvalue weighted by atomic mass is 9.89. The van der Waals surface area contributed by atoms with E-state index in [-0.39, 0.29) is 22.9 Å². The second kappa shape index (κ2) is 6.70. The number of aromatic hydroxyl groups is 1. The summed E-state index contributed by atoms with van der Waals surface area (Å²) in [5.74, 6) is 0.287. The van der Waals surface area contributed by atoms with E-state index in [0.29, 0.717) is 19.0 Å². The first-order chi connectivity index (χ1) is 11.6. The smallest absolute Gasteiger partial charge is 0.282 e. The summed E-state index contributed by atoms with van der Waals surface area (Å²) in [5.41, 5.74) is 1.14. The van der Waals surface area contributed by atoms with Crippen LogP contribution in [0.2, 0.25) is 0 Å². The van der Waals surface area contributed by atoms with Crippen molar-refractivity contribution in [2.24, 2.45) is 0 Å².